The normalized spacial score (nSPS) is 20.8. The standard InChI is InChI=1S/C7H14N2O.Y/c1-9-4-2-6(3-5-9)7(8)10;/h6H,2-5H2,1H3,(H2,8,10);/p-1. The van der Waals surface area contributed by atoms with Crippen molar-refractivity contribution in [3.63, 3.8) is 0 Å². The Labute approximate surface area is 92.6 Å². The van der Waals surface area contributed by atoms with Gasteiger partial charge in [0.2, 0.25) is 0 Å². The first-order chi connectivity index (χ1) is 4.70. The van der Waals surface area contributed by atoms with Gasteiger partial charge in [-0.1, -0.05) is 0 Å². The van der Waals surface area contributed by atoms with Crippen LogP contribution in [0.25, 0.3) is 5.73 Å². The predicted octanol–water partition coefficient (Wildman–Crippen LogP) is 0.905. The number of carbonyl (C=O) groups is 1. The predicted molar refractivity (Wildman–Crippen MR) is 39.5 cm³/mol. The summed E-state index contributed by atoms with van der Waals surface area (Å²) in [6.07, 6.45) is 1.75. The minimum Gasteiger partial charge on any atom is -0.668 e. The second kappa shape index (κ2) is 5.23. The molecular formula is C7H13N2OY-. The molecule has 0 aromatic heterocycles. The van der Waals surface area contributed by atoms with Gasteiger partial charge in [-0.25, -0.2) is 0 Å². The summed E-state index contributed by atoms with van der Waals surface area (Å²) in [5, 5.41) is 0. The number of piperidine rings is 1. The number of amides is 1. The van der Waals surface area contributed by atoms with Crippen LogP contribution in [0.3, 0.4) is 0 Å². The molecule has 1 N–H and O–H groups in total. The van der Waals surface area contributed by atoms with E-state index in [-0.39, 0.29) is 44.5 Å². The van der Waals surface area contributed by atoms with Gasteiger partial charge in [0.05, 0.1) is 5.91 Å². The van der Waals surface area contributed by atoms with Gasteiger partial charge in [0.15, 0.2) is 0 Å². The molecule has 1 rings (SSSR count). The van der Waals surface area contributed by atoms with Crippen molar-refractivity contribution in [2.75, 3.05) is 20.1 Å². The first kappa shape index (κ1) is 11.5. The van der Waals surface area contributed by atoms with Crippen LogP contribution in [0.15, 0.2) is 0 Å². The molecule has 61 valence electrons. The number of hydrogen-bond acceptors (Lipinski definition) is 2. The summed E-state index contributed by atoms with van der Waals surface area (Å²) in [7, 11) is 2.05. The van der Waals surface area contributed by atoms with Crippen LogP contribution in [0.4, 0.5) is 0 Å². The number of hydrogen-bond donors (Lipinski definition) is 0. The fraction of sp³-hybridized carbons (Fsp3) is 0.857. The topological polar surface area (TPSA) is 44.1 Å². The zero-order chi connectivity index (χ0) is 7.56. The van der Waals surface area contributed by atoms with Crippen LogP contribution < -0.4 is 0 Å². The zero-order valence-corrected chi connectivity index (χ0v) is 9.68. The molecule has 1 fully saturated rings. The molecule has 1 amide bonds. The molecule has 0 unspecified atom stereocenters. The van der Waals surface area contributed by atoms with E-state index in [0.717, 1.165) is 25.9 Å². The third-order valence-electron chi connectivity index (χ3n) is 2.09. The maximum Gasteiger partial charge on any atom is 0.0520 e. The molecule has 0 spiro atoms. The Balaban J connectivity index is 0.000001000. The van der Waals surface area contributed by atoms with Crippen LogP contribution >= 0.6 is 0 Å². The van der Waals surface area contributed by atoms with Crippen molar-refractivity contribution < 1.29 is 37.5 Å². The number of rotatable bonds is 1. The van der Waals surface area contributed by atoms with Gasteiger partial charge in [-0.3, -0.25) is 0 Å². The molecule has 1 saturated heterocycles. The average Bonchev–Trinajstić information content (AvgIpc) is 1.88. The van der Waals surface area contributed by atoms with Crippen molar-refractivity contribution >= 4 is 5.91 Å². The SMILES string of the molecule is CN1CCC(C([NH-])=O)CC1.[Y]. The van der Waals surface area contributed by atoms with E-state index >= 15 is 0 Å². The maximum absolute atomic E-state index is 10.6. The van der Waals surface area contributed by atoms with Crippen LogP contribution in [-0.4, -0.2) is 30.9 Å². The van der Waals surface area contributed by atoms with Crippen molar-refractivity contribution in [3.05, 3.63) is 5.73 Å². The minimum absolute atomic E-state index is 0. The van der Waals surface area contributed by atoms with Crippen molar-refractivity contribution in [3.8, 4) is 0 Å². The van der Waals surface area contributed by atoms with Gasteiger partial charge in [0.25, 0.3) is 0 Å². The van der Waals surface area contributed by atoms with E-state index in [0.29, 0.717) is 0 Å². The Kier molecular flexibility index (Phi) is 5.48. The maximum atomic E-state index is 10.6. The number of carbonyl (C=O) groups excluding carboxylic acids is 1. The molecule has 3 nitrogen and oxygen atoms in total. The van der Waals surface area contributed by atoms with Crippen LogP contribution in [0.5, 0.6) is 0 Å². The Hall–Kier alpha value is 0.534. The summed E-state index contributed by atoms with van der Waals surface area (Å²) in [6.45, 7) is 1.94. The number of nitrogens with zero attached hydrogens (tertiary/aromatic N) is 1. The van der Waals surface area contributed by atoms with Gasteiger partial charge in [-0.2, -0.15) is 0 Å². The molecule has 0 aromatic carbocycles. The van der Waals surface area contributed by atoms with Crippen LogP contribution in [0.2, 0.25) is 0 Å². The molecule has 0 atom stereocenters. The van der Waals surface area contributed by atoms with Crippen LogP contribution in [-0.2, 0) is 37.5 Å². The number of nitrogens with one attached hydrogen (secondary N) is 1. The second-order valence-corrected chi connectivity index (χ2v) is 2.94. The molecule has 4 heteroatoms. The van der Waals surface area contributed by atoms with Crippen molar-refractivity contribution in [1.29, 1.82) is 0 Å². The Bertz CT molecular complexity index is 132. The Morgan fingerprint density at radius 2 is 1.91 bits per heavy atom. The summed E-state index contributed by atoms with van der Waals surface area (Å²) < 4.78 is 0. The van der Waals surface area contributed by atoms with Gasteiger partial charge in [0, 0.05) is 38.6 Å². The van der Waals surface area contributed by atoms with Gasteiger partial charge in [-0.05, 0) is 33.0 Å². The summed E-state index contributed by atoms with van der Waals surface area (Å²) in [5.41, 5.74) is 6.88. The molecule has 11 heavy (non-hydrogen) atoms. The van der Waals surface area contributed by atoms with E-state index in [9.17, 15) is 4.79 Å². The summed E-state index contributed by atoms with van der Waals surface area (Å²) >= 11 is 0. The minimum atomic E-state index is -0.381. The summed E-state index contributed by atoms with van der Waals surface area (Å²) in [6, 6.07) is 0. The van der Waals surface area contributed by atoms with Crippen molar-refractivity contribution in [1.82, 2.24) is 4.90 Å². The Morgan fingerprint density at radius 3 is 2.27 bits per heavy atom. The van der Waals surface area contributed by atoms with Gasteiger partial charge in [-0.15, -0.1) is 0 Å². The fourth-order valence-corrected chi connectivity index (χ4v) is 1.27. The molecule has 1 aliphatic heterocycles. The molecule has 1 radical (unpaired) electrons. The molecule has 0 aliphatic carbocycles. The van der Waals surface area contributed by atoms with Crippen molar-refractivity contribution in [2.24, 2.45) is 5.92 Å². The van der Waals surface area contributed by atoms with E-state index in [1.807, 2.05) is 7.05 Å². The number of likely N-dealkylation sites (tertiary alicyclic amines) is 1. The largest absolute Gasteiger partial charge is 0.668 e. The smallest absolute Gasteiger partial charge is 0.0520 e. The van der Waals surface area contributed by atoms with E-state index in [4.69, 9.17) is 5.73 Å². The molecule has 0 aromatic rings. The van der Waals surface area contributed by atoms with Gasteiger partial charge >= 0.3 is 0 Å². The van der Waals surface area contributed by atoms with E-state index in [1.54, 1.807) is 0 Å². The molecule has 0 bridgehead atoms. The van der Waals surface area contributed by atoms with Crippen LogP contribution in [0, 0.1) is 5.92 Å². The first-order valence-corrected chi connectivity index (χ1v) is 3.64. The Morgan fingerprint density at radius 1 is 1.45 bits per heavy atom. The van der Waals surface area contributed by atoms with E-state index < -0.39 is 0 Å². The van der Waals surface area contributed by atoms with E-state index in [2.05, 4.69) is 4.90 Å². The zero-order valence-electron chi connectivity index (χ0n) is 6.84. The second-order valence-electron chi connectivity index (χ2n) is 2.94. The van der Waals surface area contributed by atoms with Crippen molar-refractivity contribution in [2.45, 2.75) is 12.8 Å². The third-order valence-corrected chi connectivity index (χ3v) is 2.09. The molecule has 1 heterocycles. The summed E-state index contributed by atoms with van der Waals surface area (Å²) in [5.74, 6) is -0.357. The van der Waals surface area contributed by atoms with Gasteiger partial charge < -0.3 is 15.4 Å². The third kappa shape index (κ3) is 3.63. The molecule has 1 aliphatic rings. The first-order valence-electron chi connectivity index (χ1n) is 3.64. The molecular weight excluding hydrogens is 217 g/mol. The fourth-order valence-electron chi connectivity index (χ4n) is 1.27. The summed E-state index contributed by atoms with van der Waals surface area (Å²) in [4.78, 5) is 12.7. The van der Waals surface area contributed by atoms with Crippen LogP contribution in [0.1, 0.15) is 12.8 Å². The molecule has 0 saturated carbocycles. The average molecular weight is 230 g/mol. The van der Waals surface area contributed by atoms with E-state index in [1.165, 1.54) is 0 Å². The monoisotopic (exact) mass is 230 g/mol. The quantitative estimate of drug-likeness (QED) is 0.671. The van der Waals surface area contributed by atoms with Gasteiger partial charge in [0.1, 0.15) is 0 Å².